The van der Waals surface area contributed by atoms with E-state index in [2.05, 4.69) is 19.2 Å². The molecule has 0 aliphatic carbocycles. The first kappa shape index (κ1) is 56.9. The van der Waals surface area contributed by atoms with Crippen LogP contribution in [0.3, 0.4) is 0 Å². The molecular formula is C52H103NO5. The monoisotopic (exact) mass is 822 g/mol. The van der Waals surface area contributed by atoms with Gasteiger partial charge in [0.1, 0.15) is 0 Å². The normalized spacial score (nSPS) is 12.6. The van der Waals surface area contributed by atoms with E-state index in [0.717, 1.165) is 51.4 Å². The number of carbonyl (C=O) groups is 2. The van der Waals surface area contributed by atoms with Crippen molar-refractivity contribution < 1.29 is 24.5 Å². The van der Waals surface area contributed by atoms with Gasteiger partial charge in [0.2, 0.25) is 5.91 Å². The van der Waals surface area contributed by atoms with Crippen molar-refractivity contribution in [2.45, 2.75) is 309 Å². The number of ether oxygens (including phenoxy) is 1. The van der Waals surface area contributed by atoms with E-state index in [1.807, 2.05) is 0 Å². The lowest BCUT2D eigenvalue weighted by Crippen LogP contribution is -2.45. The van der Waals surface area contributed by atoms with E-state index >= 15 is 0 Å². The molecule has 0 heterocycles. The number of hydrogen-bond donors (Lipinski definition) is 3. The summed E-state index contributed by atoms with van der Waals surface area (Å²) in [6.45, 7) is 4.94. The molecule has 0 aliphatic heterocycles. The van der Waals surface area contributed by atoms with Crippen LogP contribution in [-0.2, 0) is 14.3 Å². The lowest BCUT2D eigenvalue weighted by atomic mass is 10.0. The Hall–Kier alpha value is -1.14. The van der Waals surface area contributed by atoms with E-state index < -0.39 is 12.1 Å². The van der Waals surface area contributed by atoms with Gasteiger partial charge in [-0.25, -0.2) is 0 Å². The van der Waals surface area contributed by atoms with Crippen LogP contribution >= 0.6 is 0 Å². The van der Waals surface area contributed by atoms with Gasteiger partial charge >= 0.3 is 5.97 Å². The molecule has 0 bridgehead atoms. The molecule has 0 aromatic heterocycles. The minimum atomic E-state index is -0.668. The van der Waals surface area contributed by atoms with Crippen molar-refractivity contribution in [3.63, 3.8) is 0 Å². The maximum Gasteiger partial charge on any atom is 0.305 e. The summed E-state index contributed by atoms with van der Waals surface area (Å²) in [6.07, 6.45) is 53.6. The number of carbonyl (C=O) groups excluding carboxylic acids is 2. The van der Waals surface area contributed by atoms with Gasteiger partial charge < -0.3 is 20.3 Å². The largest absolute Gasteiger partial charge is 0.466 e. The summed E-state index contributed by atoms with van der Waals surface area (Å²) in [7, 11) is 0. The van der Waals surface area contributed by atoms with Crippen LogP contribution in [0.25, 0.3) is 0 Å². The summed E-state index contributed by atoms with van der Waals surface area (Å²) < 4.78 is 5.47. The first-order valence-electron chi connectivity index (χ1n) is 26.3. The fourth-order valence-corrected chi connectivity index (χ4v) is 8.35. The fraction of sp³-hybridized carbons (Fsp3) is 0.962. The molecule has 3 N–H and O–H groups in total. The Morgan fingerprint density at radius 3 is 1.05 bits per heavy atom. The van der Waals surface area contributed by atoms with Crippen LogP contribution in [0.5, 0.6) is 0 Å². The maximum atomic E-state index is 12.4. The molecule has 0 fully saturated rings. The van der Waals surface area contributed by atoms with Gasteiger partial charge in [-0.05, 0) is 25.7 Å². The van der Waals surface area contributed by atoms with E-state index in [0.29, 0.717) is 25.9 Å². The Balaban J connectivity index is 3.41. The average molecular weight is 822 g/mol. The molecule has 58 heavy (non-hydrogen) atoms. The second kappa shape index (κ2) is 48.5. The molecule has 2 atom stereocenters. The number of rotatable bonds is 49. The summed E-state index contributed by atoms with van der Waals surface area (Å²) in [5, 5.41) is 23.2. The number of aliphatic hydroxyl groups excluding tert-OH is 2. The van der Waals surface area contributed by atoms with Crippen LogP contribution in [0, 0.1) is 0 Å². The van der Waals surface area contributed by atoms with Crippen molar-refractivity contribution in [3.05, 3.63) is 0 Å². The van der Waals surface area contributed by atoms with E-state index in [1.54, 1.807) is 0 Å². The Bertz CT molecular complexity index is 822. The Morgan fingerprint density at radius 1 is 0.414 bits per heavy atom. The molecule has 1 amide bonds. The predicted molar refractivity (Wildman–Crippen MR) is 250 cm³/mol. The SMILES string of the molecule is CCCCCCCCCCCCCCCCCC(=O)OCCCCCCCCCCCCCCCCC(=O)NC(CO)C(O)CCCCCCCCCCCCCC. The second-order valence-electron chi connectivity index (χ2n) is 18.2. The van der Waals surface area contributed by atoms with Gasteiger partial charge in [0.15, 0.2) is 0 Å². The Morgan fingerprint density at radius 2 is 0.707 bits per heavy atom. The zero-order valence-corrected chi connectivity index (χ0v) is 39.3. The zero-order chi connectivity index (χ0) is 42.3. The summed E-state index contributed by atoms with van der Waals surface area (Å²) in [5.41, 5.74) is 0. The van der Waals surface area contributed by atoms with E-state index in [9.17, 15) is 19.8 Å². The maximum absolute atomic E-state index is 12.4. The van der Waals surface area contributed by atoms with Crippen LogP contribution in [0.2, 0.25) is 0 Å². The van der Waals surface area contributed by atoms with Crippen LogP contribution in [0.4, 0.5) is 0 Å². The Labute approximate surface area is 362 Å². The van der Waals surface area contributed by atoms with Crippen molar-refractivity contribution in [1.29, 1.82) is 0 Å². The minimum Gasteiger partial charge on any atom is -0.466 e. The van der Waals surface area contributed by atoms with Gasteiger partial charge in [-0.1, -0.05) is 258 Å². The van der Waals surface area contributed by atoms with Crippen LogP contribution < -0.4 is 5.32 Å². The third kappa shape index (κ3) is 44.4. The summed E-state index contributed by atoms with van der Waals surface area (Å²) >= 11 is 0. The van der Waals surface area contributed by atoms with E-state index in [-0.39, 0.29) is 18.5 Å². The van der Waals surface area contributed by atoms with E-state index in [4.69, 9.17) is 4.74 Å². The minimum absolute atomic E-state index is 0.00120. The number of unbranched alkanes of at least 4 members (excludes halogenated alkanes) is 38. The lowest BCUT2D eigenvalue weighted by molar-refractivity contribution is -0.143. The smallest absolute Gasteiger partial charge is 0.305 e. The first-order valence-corrected chi connectivity index (χ1v) is 26.3. The average Bonchev–Trinajstić information content (AvgIpc) is 3.22. The molecule has 0 saturated carbocycles. The topological polar surface area (TPSA) is 95.9 Å². The number of nitrogens with one attached hydrogen (secondary N) is 1. The summed E-state index contributed by atoms with van der Waals surface area (Å²) in [5.74, 6) is -0.0433. The molecule has 0 spiro atoms. The van der Waals surface area contributed by atoms with Crippen molar-refractivity contribution in [3.8, 4) is 0 Å². The van der Waals surface area contributed by atoms with Gasteiger partial charge in [-0.3, -0.25) is 9.59 Å². The molecule has 0 aromatic rings. The van der Waals surface area contributed by atoms with Gasteiger partial charge in [0.05, 0.1) is 25.4 Å². The van der Waals surface area contributed by atoms with Crippen LogP contribution in [-0.4, -0.2) is 47.4 Å². The van der Waals surface area contributed by atoms with Crippen molar-refractivity contribution >= 4 is 11.9 Å². The molecular weight excluding hydrogens is 719 g/mol. The highest BCUT2D eigenvalue weighted by atomic mass is 16.5. The molecule has 6 heteroatoms. The van der Waals surface area contributed by atoms with Crippen molar-refractivity contribution in [2.24, 2.45) is 0 Å². The lowest BCUT2D eigenvalue weighted by Gasteiger charge is -2.22. The number of hydrogen-bond acceptors (Lipinski definition) is 5. The molecule has 0 rings (SSSR count). The molecule has 0 aromatic carbocycles. The quantitative estimate of drug-likeness (QED) is 0.0420. The van der Waals surface area contributed by atoms with Crippen LogP contribution in [0.15, 0.2) is 0 Å². The van der Waals surface area contributed by atoms with Gasteiger partial charge in [-0.2, -0.15) is 0 Å². The van der Waals surface area contributed by atoms with E-state index in [1.165, 1.54) is 212 Å². The molecule has 0 saturated heterocycles. The third-order valence-electron chi connectivity index (χ3n) is 12.4. The highest BCUT2D eigenvalue weighted by Gasteiger charge is 2.20. The molecule has 6 nitrogen and oxygen atoms in total. The fourth-order valence-electron chi connectivity index (χ4n) is 8.35. The molecule has 0 radical (unpaired) electrons. The highest BCUT2D eigenvalue weighted by molar-refractivity contribution is 5.76. The summed E-state index contributed by atoms with van der Waals surface area (Å²) in [6, 6.07) is -0.546. The molecule has 346 valence electrons. The molecule has 0 aliphatic rings. The second-order valence-corrected chi connectivity index (χ2v) is 18.2. The van der Waals surface area contributed by atoms with Crippen molar-refractivity contribution in [2.75, 3.05) is 13.2 Å². The van der Waals surface area contributed by atoms with Gasteiger partial charge in [-0.15, -0.1) is 0 Å². The highest BCUT2D eigenvalue weighted by Crippen LogP contribution is 2.17. The molecule has 2 unspecified atom stereocenters. The Kier molecular flexibility index (Phi) is 47.6. The standard InChI is InChI=1S/C52H103NO5/c1-3-5-7-9-11-13-15-17-18-22-26-30-34-38-42-46-52(57)58-47-43-39-35-31-27-23-20-19-21-25-29-33-37-41-45-51(56)53-49(48-54)50(55)44-40-36-32-28-24-16-14-12-10-8-6-4-2/h49-50,54-55H,3-48H2,1-2H3,(H,53,56). The first-order chi connectivity index (χ1) is 28.5. The van der Waals surface area contributed by atoms with Crippen molar-refractivity contribution in [1.82, 2.24) is 5.32 Å². The van der Waals surface area contributed by atoms with Crippen LogP contribution in [0.1, 0.15) is 296 Å². The predicted octanol–water partition coefficient (Wildman–Crippen LogP) is 15.6. The summed E-state index contributed by atoms with van der Waals surface area (Å²) in [4.78, 5) is 24.5. The van der Waals surface area contributed by atoms with Gasteiger partial charge in [0, 0.05) is 12.8 Å². The number of esters is 1. The number of amides is 1. The number of aliphatic hydroxyl groups is 2. The zero-order valence-electron chi connectivity index (χ0n) is 39.3. The van der Waals surface area contributed by atoms with Gasteiger partial charge in [0.25, 0.3) is 0 Å². The third-order valence-corrected chi connectivity index (χ3v) is 12.4.